The first-order valence-electron chi connectivity index (χ1n) is 2.92. The van der Waals surface area contributed by atoms with Crippen molar-refractivity contribution in [3.8, 4) is 0 Å². The Kier molecular flexibility index (Phi) is 1.82. The van der Waals surface area contributed by atoms with Crippen molar-refractivity contribution < 1.29 is 5.11 Å². The molecule has 10 heavy (non-hydrogen) atoms. The molecule has 0 radical (unpaired) electrons. The normalized spacial score (nSPS) is 9.80. The van der Waals surface area contributed by atoms with Crippen LogP contribution >= 0.6 is 0 Å². The van der Waals surface area contributed by atoms with Crippen LogP contribution in [-0.2, 0) is 6.61 Å². The molecular formula is C6H9N3O. The Morgan fingerprint density at radius 1 is 1.60 bits per heavy atom. The van der Waals surface area contributed by atoms with Crippen LogP contribution in [0, 0.1) is 6.92 Å². The van der Waals surface area contributed by atoms with Crippen molar-refractivity contribution in [3.63, 3.8) is 0 Å². The van der Waals surface area contributed by atoms with Crippen LogP contribution in [0.15, 0.2) is 6.33 Å². The number of nitrogen functional groups attached to an aromatic ring is 1. The second-order valence-corrected chi connectivity index (χ2v) is 1.98. The minimum atomic E-state index is -0.0987. The lowest BCUT2D eigenvalue weighted by atomic mass is 10.2. The number of nitrogens with two attached hydrogens (primary N) is 1. The lowest BCUT2D eigenvalue weighted by molar-refractivity contribution is 0.281. The number of hydrogen-bond donors (Lipinski definition) is 2. The second-order valence-electron chi connectivity index (χ2n) is 1.98. The zero-order valence-electron chi connectivity index (χ0n) is 5.70. The fourth-order valence-corrected chi connectivity index (χ4v) is 0.714. The lowest BCUT2D eigenvalue weighted by Crippen LogP contribution is -2.01. The monoisotopic (exact) mass is 139 g/mol. The van der Waals surface area contributed by atoms with Gasteiger partial charge in [0.15, 0.2) is 0 Å². The van der Waals surface area contributed by atoms with Crippen molar-refractivity contribution in [3.05, 3.63) is 17.6 Å². The predicted octanol–water partition coefficient (Wildman–Crippen LogP) is -0.140. The Hall–Kier alpha value is -1.16. The first-order valence-corrected chi connectivity index (χ1v) is 2.92. The predicted molar refractivity (Wildman–Crippen MR) is 37.1 cm³/mol. The second kappa shape index (κ2) is 2.62. The summed E-state index contributed by atoms with van der Waals surface area (Å²) in [5, 5.41) is 8.74. The summed E-state index contributed by atoms with van der Waals surface area (Å²) >= 11 is 0. The summed E-state index contributed by atoms with van der Waals surface area (Å²) in [6, 6.07) is 0. The topological polar surface area (TPSA) is 72.0 Å². The van der Waals surface area contributed by atoms with Crippen molar-refractivity contribution in [2.75, 3.05) is 5.73 Å². The van der Waals surface area contributed by atoms with Crippen LogP contribution in [0.4, 0.5) is 5.82 Å². The van der Waals surface area contributed by atoms with Gasteiger partial charge in [-0.2, -0.15) is 0 Å². The molecule has 0 unspecified atom stereocenters. The molecule has 54 valence electrons. The Bertz CT molecular complexity index is 216. The quantitative estimate of drug-likeness (QED) is 0.568. The molecule has 0 saturated carbocycles. The number of aliphatic hydroxyl groups excluding tert-OH is 1. The van der Waals surface area contributed by atoms with E-state index >= 15 is 0 Å². The van der Waals surface area contributed by atoms with Crippen LogP contribution in [0.1, 0.15) is 11.3 Å². The number of aryl methyl sites for hydroxylation is 1. The SMILES string of the molecule is Cc1ncnc(N)c1CO. The average molecular weight is 139 g/mol. The maximum absolute atomic E-state index is 8.74. The molecule has 4 heteroatoms. The summed E-state index contributed by atoms with van der Waals surface area (Å²) in [6.45, 7) is 1.68. The molecule has 0 aliphatic carbocycles. The number of hydrogen-bond acceptors (Lipinski definition) is 4. The van der Waals surface area contributed by atoms with Crippen LogP contribution in [0.25, 0.3) is 0 Å². The molecule has 0 bridgehead atoms. The first-order chi connectivity index (χ1) is 4.75. The van der Waals surface area contributed by atoms with Gasteiger partial charge in [-0.25, -0.2) is 9.97 Å². The van der Waals surface area contributed by atoms with Gasteiger partial charge in [-0.15, -0.1) is 0 Å². The standard InChI is InChI=1S/C6H9N3O/c1-4-5(2-10)6(7)9-3-8-4/h3,10H,2H2,1H3,(H2,7,8,9). The molecule has 0 amide bonds. The highest BCUT2D eigenvalue weighted by Gasteiger charge is 2.01. The van der Waals surface area contributed by atoms with Crippen LogP contribution < -0.4 is 5.73 Å². The summed E-state index contributed by atoms with van der Waals surface area (Å²) < 4.78 is 0. The van der Waals surface area contributed by atoms with Gasteiger partial charge in [-0.05, 0) is 6.92 Å². The molecule has 0 aliphatic heterocycles. The van der Waals surface area contributed by atoms with Crippen LogP contribution in [0.5, 0.6) is 0 Å². The molecule has 1 rings (SSSR count). The van der Waals surface area contributed by atoms with Gasteiger partial charge in [-0.1, -0.05) is 0 Å². The Morgan fingerprint density at radius 2 is 2.30 bits per heavy atom. The third-order valence-electron chi connectivity index (χ3n) is 1.35. The van der Waals surface area contributed by atoms with E-state index in [1.165, 1.54) is 6.33 Å². The van der Waals surface area contributed by atoms with E-state index in [1.54, 1.807) is 6.92 Å². The summed E-state index contributed by atoms with van der Waals surface area (Å²) in [4.78, 5) is 7.58. The smallest absolute Gasteiger partial charge is 0.132 e. The molecule has 1 aromatic rings. The summed E-state index contributed by atoms with van der Waals surface area (Å²) in [7, 11) is 0. The largest absolute Gasteiger partial charge is 0.391 e. The number of aromatic nitrogens is 2. The minimum Gasteiger partial charge on any atom is -0.391 e. The van der Waals surface area contributed by atoms with E-state index in [0.717, 1.165) is 5.69 Å². The van der Waals surface area contributed by atoms with E-state index in [0.29, 0.717) is 11.4 Å². The molecule has 3 N–H and O–H groups in total. The molecule has 0 atom stereocenters. The maximum Gasteiger partial charge on any atom is 0.132 e. The van der Waals surface area contributed by atoms with Gasteiger partial charge >= 0.3 is 0 Å². The van der Waals surface area contributed by atoms with E-state index in [2.05, 4.69) is 9.97 Å². The van der Waals surface area contributed by atoms with E-state index in [4.69, 9.17) is 10.8 Å². The molecule has 4 nitrogen and oxygen atoms in total. The minimum absolute atomic E-state index is 0.0987. The van der Waals surface area contributed by atoms with Crippen molar-refractivity contribution in [2.24, 2.45) is 0 Å². The molecule has 1 heterocycles. The number of aliphatic hydroxyl groups is 1. The molecule has 0 fully saturated rings. The van der Waals surface area contributed by atoms with Gasteiger partial charge in [0.05, 0.1) is 6.61 Å². The molecule has 0 spiro atoms. The van der Waals surface area contributed by atoms with Gasteiger partial charge < -0.3 is 10.8 Å². The maximum atomic E-state index is 8.74. The molecule has 1 aromatic heterocycles. The molecule has 0 aliphatic rings. The van der Waals surface area contributed by atoms with Crippen molar-refractivity contribution in [2.45, 2.75) is 13.5 Å². The number of anilines is 1. The third kappa shape index (κ3) is 1.06. The van der Waals surface area contributed by atoms with Gasteiger partial charge in [-0.3, -0.25) is 0 Å². The summed E-state index contributed by atoms with van der Waals surface area (Å²) in [5.74, 6) is 0.356. The van der Waals surface area contributed by atoms with Crippen LogP contribution in [0.2, 0.25) is 0 Å². The first kappa shape index (κ1) is 6.95. The zero-order valence-corrected chi connectivity index (χ0v) is 5.70. The van der Waals surface area contributed by atoms with Crippen molar-refractivity contribution in [1.29, 1.82) is 0 Å². The number of rotatable bonds is 1. The Morgan fingerprint density at radius 3 is 2.70 bits per heavy atom. The molecule has 0 saturated heterocycles. The fraction of sp³-hybridized carbons (Fsp3) is 0.333. The number of nitrogens with zero attached hydrogens (tertiary/aromatic N) is 2. The van der Waals surface area contributed by atoms with E-state index in [-0.39, 0.29) is 6.61 Å². The van der Waals surface area contributed by atoms with E-state index < -0.39 is 0 Å². The highest BCUT2D eigenvalue weighted by molar-refractivity contribution is 5.39. The molecule has 0 aromatic carbocycles. The highest BCUT2D eigenvalue weighted by Crippen LogP contribution is 2.09. The van der Waals surface area contributed by atoms with Gasteiger partial charge in [0.1, 0.15) is 12.1 Å². The van der Waals surface area contributed by atoms with Gasteiger partial charge in [0, 0.05) is 11.3 Å². The zero-order chi connectivity index (χ0) is 7.56. The summed E-state index contributed by atoms with van der Waals surface area (Å²) in [6.07, 6.45) is 1.38. The van der Waals surface area contributed by atoms with E-state index in [9.17, 15) is 0 Å². The Labute approximate surface area is 58.7 Å². The lowest BCUT2D eigenvalue weighted by Gasteiger charge is -2.01. The van der Waals surface area contributed by atoms with Crippen LogP contribution in [-0.4, -0.2) is 15.1 Å². The summed E-state index contributed by atoms with van der Waals surface area (Å²) in [5.41, 5.74) is 6.77. The third-order valence-corrected chi connectivity index (χ3v) is 1.35. The Balaban J connectivity index is 3.17. The average Bonchev–Trinajstić information content (AvgIpc) is 1.88. The fourth-order valence-electron chi connectivity index (χ4n) is 0.714. The van der Waals surface area contributed by atoms with Crippen LogP contribution in [0.3, 0.4) is 0 Å². The van der Waals surface area contributed by atoms with Gasteiger partial charge in [0.2, 0.25) is 0 Å². The highest BCUT2D eigenvalue weighted by atomic mass is 16.3. The van der Waals surface area contributed by atoms with E-state index in [1.807, 2.05) is 0 Å². The van der Waals surface area contributed by atoms with Crippen molar-refractivity contribution in [1.82, 2.24) is 9.97 Å². The van der Waals surface area contributed by atoms with Crippen molar-refractivity contribution >= 4 is 5.82 Å². The van der Waals surface area contributed by atoms with Gasteiger partial charge in [0.25, 0.3) is 0 Å². The molecular weight excluding hydrogens is 130 g/mol.